The van der Waals surface area contributed by atoms with Crippen molar-refractivity contribution < 1.29 is 4.74 Å². The summed E-state index contributed by atoms with van der Waals surface area (Å²) in [6.07, 6.45) is 5.05. The predicted molar refractivity (Wildman–Crippen MR) is 118 cm³/mol. The van der Waals surface area contributed by atoms with Crippen molar-refractivity contribution in [3.8, 4) is 5.75 Å². The van der Waals surface area contributed by atoms with Gasteiger partial charge in [0.1, 0.15) is 12.4 Å². The Labute approximate surface area is 175 Å². The van der Waals surface area contributed by atoms with Crippen LogP contribution in [0.5, 0.6) is 5.75 Å². The topological polar surface area (TPSA) is 21.6 Å². The summed E-state index contributed by atoms with van der Waals surface area (Å²) in [6, 6.07) is 21.7. The van der Waals surface area contributed by atoms with Gasteiger partial charge in [0, 0.05) is 22.2 Å². The van der Waals surface area contributed by atoms with Crippen molar-refractivity contribution in [1.29, 1.82) is 0 Å². The van der Waals surface area contributed by atoms with Crippen molar-refractivity contribution in [3.63, 3.8) is 0 Å². The van der Waals surface area contributed by atoms with Crippen molar-refractivity contribution in [2.75, 3.05) is 6.54 Å². The fourth-order valence-corrected chi connectivity index (χ4v) is 3.39. The molecule has 1 aliphatic heterocycles. The molecule has 3 aromatic rings. The van der Waals surface area contributed by atoms with Crippen LogP contribution in [0.25, 0.3) is 6.08 Å². The monoisotopic (exact) mass is 407 g/mol. The Morgan fingerprint density at radius 1 is 0.857 bits per heavy atom. The quantitative estimate of drug-likeness (QED) is 0.464. The Bertz CT molecular complexity index is 1020. The third-order valence-corrected chi connectivity index (χ3v) is 5.14. The normalized spacial score (nSPS) is 13.3. The lowest BCUT2D eigenvalue weighted by molar-refractivity contribution is 0.306. The van der Waals surface area contributed by atoms with Crippen LogP contribution in [0, 0.1) is 0 Å². The molecule has 0 aliphatic carbocycles. The lowest BCUT2D eigenvalue weighted by atomic mass is 9.96. The number of hydrogen-bond acceptors (Lipinski definition) is 2. The Hall–Kier alpha value is -2.55. The summed E-state index contributed by atoms with van der Waals surface area (Å²) in [5, 5.41) is 1.47. The molecule has 0 atom stereocenters. The Morgan fingerprint density at radius 2 is 1.57 bits per heavy atom. The lowest BCUT2D eigenvalue weighted by Gasteiger charge is -2.16. The van der Waals surface area contributed by atoms with Crippen molar-refractivity contribution >= 4 is 35.0 Å². The number of fused-ring (bicyclic) bond motifs is 1. The van der Waals surface area contributed by atoms with Gasteiger partial charge in [-0.15, -0.1) is 0 Å². The average molecular weight is 408 g/mol. The zero-order chi connectivity index (χ0) is 19.3. The van der Waals surface area contributed by atoms with Crippen LogP contribution in [0.2, 0.25) is 10.0 Å². The molecule has 0 N–H and O–H groups in total. The minimum atomic E-state index is 0.521. The van der Waals surface area contributed by atoms with Gasteiger partial charge in [0.15, 0.2) is 0 Å². The van der Waals surface area contributed by atoms with Gasteiger partial charge in [-0.3, -0.25) is 4.99 Å². The number of hydrogen-bond donors (Lipinski definition) is 0. The molecule has 1 aliphatic rings. The molecule has 0 bridgehead atoms. The van der Waals surface area contributed by atoms with Crippen LogP contribution in [0.3, 0.4) is 0 Å². The van der Waals surface area contributed by atoms with Gasteiger partial charge in [-0.05, 0) is 71.7 Å². The molecular weight excluding hydrogens is 389 g/mol. The van der Waals surface area contributed by atoms with Crippen LogP contribution in [0.15, 0.2) is 77.8 Å². The van der Waals surface area contributed by atoms with Crippen molar-refractivity contribution in [3.05, 3.63) is 105 Å². The predicted octanol–water partition coefficient (Wildman–Crippen LogP) is 6.63. The molecular formula is C24H19Cl2NO. The third-order valence-electron chi connectivity index (χ3n) is 4.64. The van der Waals surface area contributed by atoms with Gasteiger partial charge in [0.05, 0.1) is 5.71 Å². The number of allylic oxidation sites excluding steroid dienone is 1. The fourth-order valence-electron chi connectivity index (χ4n) is 3.14. The lowest BCUT2D eigenvalue weighted by Crippen LogP contribution is -2.11. The van der Waals surface area contributed by atoms with Crippen molar-refractivity contribution in [2.45, 2.75) is 13.0 Å². The highest BCUT2D eigenvalue weighted by Gasteiger charge is 2.13. The molecule has 0 unspecified atom stereocenters. The fraction of sp³-hybridized carbons (Fsp3) is 0.125. The molecule has 28 heavy (non-hydrogen) atoms. The van der Waals surface area contributed by atoms with Gasteiger partial charge in [0.2, 0.25) is 0 Å². The molecule has 0 radical (unpaired) electrons. The Balaban J connectivity index is 1.47. The van der Waals surface area contributed by atoms with Gasteiger partial charge in [-0.1, -0.05) is 53.5 Å². The van der Waals surface area contributed by atoms with E-state index in [1.807, 2.05) is 54.6 Å². The van der Waals surface area contributed by atoms with E-state index in [0.717, 1.165) is 51.2 Å². The molecule has 2 nitrogen and oxygen atoms in total. The van der Waals surface area contributed by atoms with E-state index in [1.54, 1.807) is 0 Å². The summed E-state index contributed by atoms with van der Waals surface area (Å²) in [5.74, 6) is 0.872. The summed E-state index contributed by atoms with van der Waals surface area (Å²) < 4.78 is 5.96. The Kier molecular flexibility index (Phi) is 5.80. The van der Waals surface area contributed by atoms with Crippen LogP contribution in [-0.4, -0.2) is 12.3 Å². The minimum Gasteiger partial charge on any atom is -0.489 e. The molecule has 3 aromatic carbocycles. The van der Waals surface area contributed by atoms with Crippen molar-refractivity contribution in [2.24, 2.45) is 4.99 Å². The van der Waals surface area contributed by atoms with Crippen LogP contribution in [0.4, 0.5) is 0 Å². The smallest absolute Gasteiger partial charge is 0.120 e. The van der Waals surface area contributed by atoms with E-state index in [9.17, 15) is 0 Å². The van der Waals surface area contributed by atoms with Gasteiger partial charge < -0.3 is 4.74 Å². The van der Waals surface area contributed by atoms with E-state index >= 15 is 0 Å². The molecule has 0 aromatic heterocycles. The van der Waals surface area contributed by atoms with E-state index in [0.29, 0.717) is 6.61 Å². The first kappa shape index (κ1) is 18.8. The first-order chi connectivity index (χ1) is 13.7. The second-order valence-corrected chi connectivity index (χ2v) is 7.51. The maximum atomic E-state index is 5.96. The highest BCUT2D eigenvalue weighted by atomic mass is 35.5. The average Bonchev–Trinajstić information content (AvgIpc) is 2.72. The first-order valence-electron chi connectivity index (χ1n) is 9.16. The van der Waals surface area contributed by atoms with Gasteiger partial charge in [-0.2, -0.15) is 0 Å². The zero-order valence-corrected chi connectivity index (χ0v) is 16.8. The summed E-state index contributed by atoms with van der Waals surface area (Å²) in [7, 11) is 0. The number of nitrogens with zero attached hydrogens (tertiary/aromatic N) is 1. The first-order valence-corrected chi connectivity index (χ1v) is 9.92. The molecule has 0 spiro atoms. The van der Waals surface area contributed by atoms with Gasteiger partial charge >= 0.3 is 0 Å². The molecule has 4 rings (SSSR count). The van der Waals surface area contributed by atoms with Crippen LogP contribution >= 0.6 is 23.2 Å². The largest absolute Gasteiger partial charge is 0.489 e. The zero-order valence-electron chi connectivity index (χ0n) is 15.2. The Morgan fingerprint density at radius 3 is 2.32 bits per heavy atom. The number of ether oxygens (including phenoxy) is 1. The molecule has 0 saturated carbocycles. The highest BCUT2D eigenvalue weighted by Crippen LogP contribution is 2.24. The summed E-state index contributed by atoms with van der Waals surface area (Å²) in [6.45, 7) is 1.31. The number of halogens is 2. The number of benzene rings is 3. The standard InChI is InChI=1S/C24H19Cl2NO/c25-20-6-1-17(2-7-20)5-12-24-23-11-10-22(15-19(23)13-14-27-24)28-16-18-3-8-21(26)9-4-18/h1-12,15H,13-14,16H2/b12-5+. The summed E-state index contributed by atoms with van der Waals surface area (Å²) >= 11 is 11.9. The molecule has 1 heterocycles. The summed E-state index contributed by atoms with van der Waals surface area (Å²) in [5.41, 5.74) is 5.62. The molecule has 140 valence electrons. The molecule has 0 amide bonds. The second kappa shape index (κ2) is 8.64. The molecule has 0 saturated heterocycles. The van der Waals surface area contributed by atoms with Gasteiger partial charge in [0.25, 0.3) is 0 Å². The van der Waals surface area contributed by atoms with Crippen LogP contribution in [-0.2, 0) is 13.0 Å². The third kappa shape index (κ3) is 4.64. The van der Waals surface area contributed by atoms with Crippen LogP contribution in [0.1, 0.15) is 22.3 Å². The molecule has 0 fully saturated rings. The maximum absolute atomic E-state index is 5.96. The summed E-state index contributed by atoms with van der Waals surface area (Å²) in [4.78, 5) is 4.69. The number of rotatable bonds is 5. The molecule has 4 heteroatoms. The second-order valence-electron chi connectivity index (χ2n) is 6.64. The van der Waals surface area contributed by atoms with E-state index < -0.39 is 0 Å². The SMILES string of the molecule is Clc1ccc(/C=C/C2=NCCc3cc(OCc4ccc(Cl)cc4)ccc32)cc1. The van der Waals surface area contributed by atoms with E-state index in [4.69, 9.17) is 27.9 Å². The minimum absolute atomic E-state index is 0.521. The number of aliphatic imine (C=N–C) groups is 1. The highest BCUT2D eigenvalue weighted by molar-refractivity contribution is 6.30. The van der Waals surface area contributed by atoms with E-state index in [2.05, 4.69) is 29.3 Å². The van der Waals surface area contributed by atoms with E-state index in [1.165, 1.54) is 5.56 Å². The van der Waals surface area contributed by atoms with Crippen molar-refractivity contribution in [1.82, 2.24) is 0 Å². The van der Waals surface area contributed by atoms with Crippen LogP contribution < -0.4 is 4.74 Å². The maximum Gasteiger partial charge on any atom is 0.120 e. The van der Waals surface area contributed by atoms with Gasteiger partial charge in [-0.25, -0.2) is 0 Å². The van der Waals surface area contributed by atoms with E-state index in [-0.39, 0.29) is 0 Å².